The summed E-state index contributed by atoms with van der Waals surface area (Å²) in [5.74, 6) is 0.455. The third-order valence-electron chi connectivity index (χ3n) is 4.50. The monoisotopic (exact) mass is 326 g/mol. The number of rotatable bonds is 6. The molecule has 1 aliphatic heterocycles. The number of nitrogens with zero attached hydrogens (tertiary/aromatic N) is 1. The van der Waals surface area contributed by atoms with Crippen molar-refractivity contribution in [3.05, 3.63) is 35.6 Å². The summed E-state index contributed by atoms with van der Waals surface area (Å²) in [6.07, 6.45) is 4.40. The normalized spacial score (nSPS) is 21.1. The van der Waals surface area contributed by atoms with E-state index in [-0.39, 0.29) is 11.6 Å². The first-order valence-corrected chi connectivity index (χ1v) is 9.59. The van der Waals surface area contributed by atoms with Crippen LogP contribution in [0, 0.1) is 11.7 Å². The van der Waals surface area contributed by atoms with E-state index < -0.39 is 10.0 Å². The summed E-state index contributed by atoms with van der Waals surface area (Å²) in [5, 5.41) is 3.55. The Kier molecular flexibility index (Phi) is 4.80. The number of sulfonamides is 1. The average molecular weight is 326 g/mol. The molecule has 0 atom stereocenters. The molecular formula is C16H23FN2O2S. The van der Waals surface area contributed by atoms with E-state index in [4.69, 9.17) is 0 Å². The van der Waals surface area contributed by atoms with Crippen molar-refractivity contribution < 1.29 is 12.8 Å². The van der Waals surface area contributed by atoms with E-state index in [1.54, 1.807) is 4.31 Å². The molecule has 4 nitrogen and oxygen atoms in total. The van der Waals surface area contributed by atoms with Crippen LogP contribution < -0.4 is 5.32 Å². The van der Waals surface area contributed by atoms with Gasteiger partial charge in [-0.15, -0.1) is 0 Å². The van der Waals surface area contributed by atoms with E-state index in [9.17, 15) is 12.8 Å². The van der Waals surface area contributed by atoms with Crippen molar-refractivity contribution in [1.82, 2.24) is 9.62 Å². The Labute approximate surface area is 131 Å². The molecule has 3 rings (SSSR count). The summed E-state index contributed by atoms with van der Waals surface area (Å²) in [6, 6.07) is 6.13. The third-order valence-corrected chi connectivity index (χ3v) is 6.35. The highest BCUT2D eigenvalue weighted by Gasteiger charge is 2.29. The maximum absolute atomic E-state index is 12.9. The standard InChI is InChI=1S/C16H23FN2O2S/c17-15-5-3-14(4-6-15)12-22(20,21)19-9-7-16(8-10-19)18-11-13-1-2-13/h3-6,13,16,18H,1-2,7-12H2. The molecule has 1 saturated carbocycles. The molecule has 0 unspecified atom stereocenters. The topological polar surface area (TPSA) is 49.4 Å². The first-order chi connectivity index (χ1) is 10.5. The second-order valence-corrected chi connectivity index (χ2v) is 8.38. The quantitative estimate of drug-likeness (QED) is 0.871. The molecule has 0 bridgehead atoms. The zero-order valence-electron chi connectivity index (χ0n) is 12.7. The summed E-state index contributed by atoms with van der Waals surface area (Å²) in [6.45, 7) is 2.23. The van der Waals surface area contributed by atoms with Gasteiger partial charge in [0.2, 0.25) is 10.0 Å². The lowest BCUT2D eigenvalue weighted by Crippen LogP contribution is -2.45. The van der Waals surface area contributed by atoms with Gasteiger partial charge in [0, 0.05) is 19.1 Å². The highest BCUT2D eigenvalue weighted by atomic mass is 32.2. The van der Waals surface area contributed by atoms with Crippen LogP contribution in [0.15, 0.2) is 24.3 Å². The molecule has 0 aromatic heterocycles. The van der Waals surface area contributed by atoms with Crippen molar-refractivity contribution in [3.8, 4) is 0 Å². The number of halogens is 1. The van der Waals surface area contributed by atoms with Gasteiger partial charge in [0.15, 0.2) is 0 Å². The number of hydrogen-bond donors (Lipinski definition) is 1. The highest BCUT2D eigenvalue weighted by Crippen LogP contribution is 2.28. The van der Waals surface area contributed by atoms with Crippen LogP contribution in [-0.4, -0.2) is 38.4 Å². The lowest BCUT2D eigenvalue weighted by Gasteiger charge is -2.31. The maximum atomic E-state index is 12.9. The van der Waals surface area contributed by atoms with Crippen molar-refractivity contribution in [2.45, 2.75) is 37.5 Å². The molecule has 122 valence electrons. The molecule has 1 N–H and O–H groups in total. The van der Waals surface area contributed by atoms with Crippen molar-refractivity contribution in [2.24, 2.45) is 5.92 Å². The predicted octanol–water partition coefficient (Wildman–Crippen LogP) is 2.12. The Bertz CT molecular complexity index is 591. The fourth-order valence-corrected chi connectivity index (χ4v) is 4.44. The van der Waals surface area contributed by atoms with Crippen LogP contribution in [0.4, 0.5) is 4.39 Å². The smallest absolute Gasteiger partial charge is 0.218 e. The van der Waals surface area contributed by atoms with Crippen LogP contribution in [0.1, 0.15) is 31.2 Å². The van der Waals surface area contributed by atoms with Gasteiger partial charge >= 0.3 is 0 Å². The fourth-order valence-electron chi connectivity index (χ4n) is 2.88. The Morgan fingerprint density at radius 3 is 2.32 bits per heavy atom. The summed E-state index contributed by atoms with van der Waals surface area (Å²) >= 11 is 0. The van der Waals surface area contributed by atoms with Gasteiger partial charge in [-0.3, -0.25) is 0 Å². The first-order valence-electron chi connectivity index (χ1n) is 7.98. The minimum absolute atomic E-state index is 0.0482. The molecule has 2 fully saturated rings. The Morgan fingerprint density at radius 1 is 1.09 bits per heavy atom. The van der Waals surface area contributed by atoms with Crippen LogP contribution in [0.2, 0.25) is 0 Å². The second-order valence-electron chi connectivity index (χ2n) is 6.41. The van der Waals surface area contributed by atoms with E-state index >= 15 is 0 Å². The lowest BCUT2D eigenvalue weighted by molar-refractivity contribution is 0.287. The first kappa shape index (κ1) is 15.9. The predicted molar refractivity (Wildman–Crippen MR) is 84.3 cm³/mol. The molecule has 22 heavy (non-hydrogen) atoms. The Morgan fingerprint density at radius 2 is 1.73 bits per heavy atom. The molecule has 1 saturated heterocycles. The zero-order chi connectivity index (χ0) is 15.6. The van der Waals surface area contributed by atoms with Gasteiger partial charge in [-0.2, -0.15) is 0 Å². The molecule has 0 radical (unpaired) electrons. The van der Waals surface area contributed by atoms with E-state index in [1.807, 2.05) is 0 Å². The number of nitrogens with one attached hydrogen (secondary N) is 1. The third kappa shape index (κ3) is 4.27. The van der Waals surface area contributed by atoms with Gasteiger partial charge in [0.05, 0.1) is 5.75 Å². The second kappa shape index (κ2) is 6.64. The Balaban J connectivity index is 1.51. The van der Waals surface area contributed by atoms with Crippen LogP contribution in [-0.2, 0) is 15.8 Å². The molecular weight excluding hydrogens is 303 g/mol. The van der Waals surface area contributed by atoms with E-state index in [1.165, 1.54) is 37.1 Å². The Hall–Kier alpha value is -0.980. The fraction of sp³-hybridized carbons (Fsp3) is 0.625. The van der Waals surface area contributed by atoms with Gasteiger partial charge < -0.3 is 5.32 Å². The van der Waals surface area contributed by atoms with Crippen molar-refractivity contribution in [2.75, 3.05) is 19.6 Å². The molecule has 0 amide bonds. The minimum Gasteiger partial charge on any atom is -0.314 e. The van der Waals surface area contributed by atoms with E-state index in [0.29, 0.717) is 24.7 Å². The van der Waals surface area contributed by atoms with Gasteiger partial charge in [-0.25, -0.2) is 17.1 Å². The maximum Gasteiger partial charge on any atom is 0.218 e. The van der Waals surface area contributed by atoms with E-state index in [0.717, 1.165) is 25.3 Å². The molecule has 1 aromatic rings. The van der Waals surface area contributed by atoms with Crippen LogP contribution in [0.3, 0.4) is 0 Å². The number of piperidine rings is 1. The largest absolute Gasteiger partial charge is 0.314 e. The zero-order valence-corrected chi connectivity index (χ0v) is 13.5. The van der Waals surface area contributed by atoms with Crippen LogP contribution in [0.25, 0.3) is 0 Å². The van der Waals surface area contributed by atoms with E-state index in [2.05, 4.69) is 5.32 Å². The summed E-state index contributed by atoms with van der Waals surface area (Å²) < 4.78 is 39.3. The minimum atomic E-state index is -3.31. The molecule has 2 aliphatic rings. The molecule has 1 aliphatic carbocycles. The van der Waals surface area contributed by atoms with Crippen molar-refractivity contribution in [3.63, 3.8) is 0 Å². The van der Waals surface area contributed by atoms with Crippen molar-refractivity contribution >= 4 is 10.0 Å². The summed E-state index contributed by atoms with van der Waals surface area (Å²) in [7, 11) is -3.31. The number of benzene rings is 1. The molecule has 1 aromatic carbocycles. The molecule has 0 spiro atoms. The number of hydrogen-bond acceptors (Lipinski definition) is 3. The van der Waals surface area contributed by atoms with Crippen molar-refractivity contribution in [1.29, 1.82) is 0 Å². The summed E-state index contributed by atoms with van der Waals surface area (Å²) in [4.78, 5) is 0. The lowest BCUT2D eigenvalue weighted by atomic mass is 10.1. The molecule has 1 heterocycles. The SMILES string of the molecule is O=S(=O)(Cc1ccc(F)cc1)N1CCC(NCC2CC2)CC1. The molecule has 6 heteroatoms. The van der Waals surface area contributed by atoms with Crippen LogP contribution in [0.5, 0.6) is 0 Å². The van der Waals surface area contributed by atoms with Crippen LogP contribution >= 0.6 is 0 Å². The van der Waals surface area contributed by atoms with Gasteiger partial charge in [0.25, 0.3) is 0 Å². The average Bonchev–Trinajstić information content (AvgIpc) is 3.32. The van der Waals surface area contributed by atoms with Gasteiger partial charge in [-0.05, 0) is 55.8 Å². The highest BCUT2D eigenvalue weighted by molar-refractivity contribution is 7.88. The summed E-state index contributed by atoms with van der Waals surface area (Å²) in [5.41, 5.74) is 0.635. The van der Waals surface area contributed by atoms with Gasteiger partial charge in [0.1, 0.15) is 5.82 Å². The van der Waals surface area contributed by atoms with Gasteiger partial charge in [-0.1, -0.05) is 12.1 Å².